The molecule has 6 aromatic carbocycles. The fourth-order valence-corrected chi connectivity index (χ4v) is 7.33. The van der Waals surface area contributed by atoms with Crippen molar-refractivity contribution in [2.24, 2.45) is 0 Å². The molecule has 0 N–H and O–H groups in total. The van der Waals surface area contributed by atoms with Crippen molar-refractivity contribution in [2.45, 2.75) is 0 Å². The smallest absolute Gasteiger partial charge is 0.999 e. The molecule has 6 rings (SSSR count). The Morgan fingerprint density at radius 1 is 0.475 bits per heavy atom. The van der Waals surface area contributed by atoms with Gasteiger partial charge in [0.25, 0.3) is 0 Å². The maximum absolute atomic E-state index is 7.50. The van der Waals surface area contributed by atoms with Gasteiger partial charge in [-0.05, 0) is 47.0 Å². The van der Waals surface area contributed by atoms with Gasteiger partial charge in [0, 0.05) is 0 Å². The number of hydrogen-bond donors (Lipinski definition) is 0. The average Bonchev–Trinajstić information content (AvgIpc) is 3.62. The summed E-state index contributed by atoms with van der Waals surface area (Å²) >= 11 is 0. The molecule has 0 spiro atoms. The van der Waals surface area contributed by atoms with E-state index in [9.17, 15) is 0 Å². The SMILES string of the molecule is [C-]#[O+].[Ru+2].[c-]1[c-][c-][cH-][c-]1.c1ccc(Pc2ccccc2)cc1.c1ccc([PH+](c2ccccc2)c2ccccc2)cc1. The van der Waals surface area contributed by atoms with E-state index < -0.39 is 7.92 Å². The van der Waals surface area contributed by atoms with Crippen LogP contribution in [-0.2, 0) is 24.1 Å². The Bertz CT molecular complexity index is 1260. The maximum atomic E-state index is 7.50. The normalized spacial score (nSPS) is 9.28. The molecule has 198 valence electrons. The fourth-order valence-electron chi connectivity index (χ4n) is 3.70. The standard InChI is InChI=1S/C18H15P.C12H11P.C5H.CO.Ru/c1-4-10-16(11-5-1)19(17-12-6-2-7-13-17)18-14-8-3-9-15-18;1-3-7-11(8-4-1)13-12-9-5-2-6-10-12;1-2-4-5-3-1;1-2;/h1-15H;1-10,13H;1H;;/q;;-5;;+2/p+1. The van der Waals surface area contributed by atoms with Crippen LogP contribution in [0.2, 0.25) is 0 Å². The molecule has 0 aliphatic rings. The van der Waals surface area contributed by atoms with Gasteiger partial charge in [-0.3, -0.25) is 0 Å². The van der Waals surface area contributed by atoms with E-state index in [0.29, 0.717) is 0 Å². The van der Waals surface area contributed by atoms with Gasteiger partial charge in [0.15, 0.2) is 0 Å². The van der Waals surface area contributed by atoms with Crippen LogP contribution in [0.15, 0.2) is 158 Å². The van der Waals surface area contributed by atoms with E-state index in [1.54, 1.807) is 6.07 Å². The van der Waals surface area contributed by atoms with Crippen LogP contribution in [0.5, 0.6) is 0 Å². The molecule has 0 amide bonds. The third kappa shape index (κ3) is 11.8. The van der Waals surface area contributed by atoms with Gasteiger partial charge >= 0.3 is 30.8 Å². The largest absolute Gasteiger partial charge is 2.00 e. The molecule has 6 aromatic rings. The molecule has 0 atom stereocenters. The molecular weight excluding hydrogens is 611 g/mol. The van der Waals surface area contributed by atoms with E-state index in [1.165, 1.54) is 26.5 Å². The second kappa shape index (κ2) is 20.6. The Balaban J connectivity index is 0.000000231. The van der Waals surface area contributed by atoms with Gasteiger partial charge in [0.1, 0.15) is 15.9 Å². The molecule has 0 heterocycles. The van der Waals surface area contributed by atoms with Crippen LogP contribution in [0, 0.1) is 30.9 Å². The van der Waals surface area contributed by atoms with Crippen LogP contribution in [0.4, 0.5) is 0 Å². The van der Waals surface area contributed by atoms with E-state index in [0.717, 1.165) is 8.58 Å². The topological polar surface area (TPSA) is 19.9 Å². The van der Waals surface area contributed by atoms with E-state index in [4.69, 9.17) is 4.65 Å². The molecule has 40 heavy (non-hydrogen) atoms. The third-order valence-corrected chi connectivity index (χ3v) is 9.35. The van der Waals surface area contributed by atoms with Gasteiger partial charge in [0.2, 0.25) is 0 Å². The molecule has 0 aliphatic heterocycles. The molecule has 0 fully saturated rings. The summed E-state index contributed by atoms with van der Waals surface area (Å²) in [7, 11) is -0.101. The van der Waals surface area contributed by atoms with Crippen molar-refractivity contribution in [1.29, 1.82) is 0 Å². The van der Waals surface area contributed by atoms with Gasteiger partial charge in [0.05, 0.1) is 7.92 Å². The molecule has 1 nitrogen and oxygen atoms in total. The monoisotopic (exact) mass is 640 g/mol. The first-order valence-corrected chi connectivity index (χ1v) is 14.8. The van der Waals surface area contributed by atoms with Crippen LogP contribution in [0.1, 0.15) is 0 Å². The summed E-state index contributed by atoms with van der Waals surface area (Å²) in [6.07, 6.45) is 0. The van der Waals surface area contributed by atoms with Gasteiger partial charge < -0.3 is 30.3 Å². The molecule has 0 aromatic heterocycles. The molecule has 0 bridgehead atoms. The Kier molecular flexibility index (Phi) is 16.9. The molecule has 0 saturated heterocycles. The quantitative estimate of drug-likeness (QED) is 0.0947. The second-order valence-electron chi connectivity index (χ2n) is 8.01. The van der Waals surface area contributed by atoms with Gasteiger partial charge in [-0.1, -0.05) is 124 Å². The molecular formula is C36H28OP2Ru-2. The summed E-state index contributed by atoms with van der Waals surface area (Å²) < 4.78 is 7.50. The van der Waals surface area contributed by atoms with Gasteiger partial charge in [-0.25, -0.2) is 0 Å². The third-order valence-electron chi connectivity index (χ3n) is 5.37. The molecule has 0 unspecified atom stereocenters. The van der Waals surface area contributed by atoms with Crippen LogP contribution in [0.25, 0.3) is 0 Å². The van der Waals surface area contributed by atoms with Crippen molar-refractivity contribution < 1.29 is 24.1 Å². The zero-order valence-corrected chi connectivity index (χ0v) is 25.5. The number of hydrogen-bond acceptors (Lipinski definition) is 0. The van der Waals surface area contributed by atoms with Crippen LogP contribution in [-0.4, -0.2) is 0 Å². The zero-order chi connectivity index (χ0) is 27.4. The first-order valence-electron chi connectivity index (χ1n) is 12.3. The summed E-state index contributed by atoms with van der Waals surface area (Å²) in [5.74, 6) is 0. The summed E-state index contributed by atoms with van der Waals surface area (Å²) in [5.41, 5.74) is 0. The van der Waals surface area contributed by atoms with Crippen molar-refractivity contribution >= 4 is 43.0 Å². The fraction of sp³-hybridized carbons (Fsp3) is 0. The summed E-state index contributed by atoms with van der Waals surface area (Å²) in [4.78, 5) is 0. The maximum Gasteiger partial charge on any atom is 2.00 e. The first-order chi connectivity index (χ1) is 19.4. The minimum atomic E-state index is -0.877. The Labute approximate surface area is 254 Å². The van der Waals surface area contributed by atoms with E-state index in [-0.39, 0.29) is 19.5 Å². The Morgan fingerprint density at radius 3 is 1.00 bits per heavy atom. The van der Waals surface area contributed by atoms with Gasteiger partial charge in [-0.2, -0.15) is 0 Å². The summed E-state index contributed by atoms with van der Waals surface area (Å²) in [6.45, 7) is 4.50. The van der Waals surface area contributed by atoms with Crippen molar-refractivity contribution in [2.75, 3.05) is 0 Å². The van der Waals surface area contributed by atoms with E-state index in [1.807, 2.05) is 0 Å². The van der Waals surface area contributed by atoms with Crippen LogP contribution >= 0.6 is 16.5 Å². The van der Waals surface area contributed by atoms with Crippen molar-refractivity contribution in [3.8, 4) is 0 Å². The van der Waals surface area contributed by atoms with E-state index in [2.05, 4.69) is 183 Å². The Hall–Kier alpha value is -3.33. The second-order valence-corrected chi connectivity index (χ2v) is 11.9. The van der Waals surface area contributed by atoms with Crippen LogP contribution < -0.4 is 26.5 Å². The molecule has 0 saturated carbocycles. The van der Waals surface area contributed by atoms with Crippen molar-refractivity contribution in [3.05, 3.63) is 189 Å². The number of rotatable bonds is 5. The first kappa shape index (κ1) is 32.9. The van der Waals surface area contributed by atoms with Gasteiger partial charge in [-0.15, -0.1) is 0 Å². The van der Waals surface area contributed by atoms with Crippen LogP contribution in [0.3, 0.4) is 0 Å². The van der Waals surface area contributed by atoms with Crippen molar-refractivity contribution in [1.82, 2.24) is 0 Å². The van der Waals surface area contributed by atoms with Crippen molar-refractivity contribution in [3.63, 3.8) is 0 Å². The zero-order valence-electron chi connectivity index (χ0n) is 21.8. The van der Waals surface area contributed by atoms with E-state index >= 15 is 0 Å². The minimum absolute atomic E-state index is 0. The Morgan fingerprint density at radius 2 is 0.750 bits per heavy atom. The number of benzene rings is 5. The molecule has 4 heteroatoms. The minimum Gasteiger partial charge on any atom is -0.999 e. The molecule has 0 aliphatic carbocycles. The molecule has 0 radical (unpaired) electrons. The summed E-state index contributed by atoms with van der Waals surface area (Å²) in [6, 6.07) is 65.6. The summed E-state index contributed by atoms with van der Waals surface area (Å²) in [5, 5.41) is 7.10. The average molecular weight is 640 g/mol. The predicted octanol–water partition coefficient (Wildman–Crippen LogP) is 6.06. The predicted molar refractivity (Wildman–Crippen MR) is 168 cm³/mol.